The molecule has 0 bridgehead atoms. The van der Waals surface area contributed by atoms with Crippen LogP contribution >= 0.6 is 0 Å². The van der Waals surface area contributed by atoms with E-state index in [1.807, 2.05) is 6.92 Å². The predicted octanol–water partition coefficient (Wildman–Crippen LogP) is 3.77. The standard InChI is InChI=1S/C28H37N5O4/c1-4-23(19-9-6-5-7-10-19)31-28(36)33-25(22(26(33)34)15-18-13-14-30-24(29)16-18)27(35)32(2)20-11-8-12-21(17-20)37-3/h8,11-14,16-17,19,22-23,25H,4-7,9-10,15H2,1-3H3,(H2,29,30)(H,31,36)/t22-,23-,25+/m1/s1. The quantitative estimate of drug-likeness (QED) is 0.525. The highest BCUT2D eigenvalue weighted by atomic mass is 16.5. The Hall–Kier alpha value is -3.62. The van der Waals surface area contributed by atoms with Crippen molar-refractivity contribution in [3.8, 4) is 5.75 Å². The third kappa shape index (κ3) is 5.70. The zero-order valence-corrected chi connectivity index (χ0v) is 21.9. The Bertz CT molecular complexity index is 1130. The van der Waals surface area contributed by atoms with Crippen molar-refractivity contribution in [1.82, 2.24) is 15.2 Å². The first-order chi connectivity index (χ1) is 17.8. The first kappa shape index (κ1) is 26.4. The van der Waals surface area contributed by atoms with Gasteiger partial charge in [0, 0.05) is 31.0 Å². The molecular formula is C28H37N5O4. The average molecular weight is 508 g/mol. The maximum absolute atomic E-state index is 13.8. The summed E-state index contributed by atoms with van der Waals surface area (Å²) in [5.41, 5.74) is 7.24. The number of hydrogen-bond donors (Lipinski definition) is 2. The SMILES string of the molecule is CC[C@@H](NC(=O)N1C(=O)[C@H](Cc2ccnc(N)c2)[C@H]1C(=O)N(C)c1cccc(OC)c1)C1CCCCC1. The lowest BCUT2D eigenvalue weighted by atomic mass is 9.81. The molecular weight excluding hydrogens is 470 g/mol. The molecule has 9 nitrogen and oxygen atoms in total. The van der Waals surface area contributed by atoms with Gasteiger partial charge in [0.05, 0.1) is 13.0 Å². The Morgan fingerprint density at radius 3 is 2.65 bits per heavy atom. The number of pyridine rings is 1. The van der Waals surface area contributed by atoms with Crippen LogP contribution in [0.5, 0.6) is 5.75 Å². The molecule has 3 atom stereocenters. The molecule has 198 valence electrons. The molecule has 2 fully saturated rings. The van der Waals surface area contributed by atoms with E-state index in [0.717, 1.165) is 42.6 Å². The van der Waals surface area contributed by atoms with E-state index >= 15 is 0 Å². The molecule has 4 amide bonds. The molecule has 1 aliphatic carbocycles. The van der Waals surface area contributed by atoms with Gasteiger partial charge in [-0.1, -0.05) is 32.3 Å². The first-order valence-electron chi connectivity index (χ1n) is 13.1. The lowest BCUT2D eigenvalue weighted by molar-refractivity contribution is -0.156. The number of likely N-dealkylation sites (tertiary alicyclic amines) is 1. The zero-order chi connectivity index (χ0) is 26.5. The van der Waals surface area contributed by atoms with Crippen LogP contribution in [0.4, 0.5) is 16.3 Å². The monoisotopic (exact) mass is 507 g/mol. The molecule has 4 rings (SSSR count). The number of hydrogen-bond acceptors (Lipinski definition) is 6. The normalized spacial score (nSPS) is 20.6. The van der Waals surface area contributed by atoms with Crippen LogP contribution in [0.25, 0.3) is 0 Å². The van der Waals surface area contributed by atoms with Crippen LogP contribution in [0, 0.1) is 11.8 Å². The lowest BCUT2D eigenvalue weighted by Crippen LogP contribution is -2.71. The molecule has 2 aromatic rings. The van der Waals surface area contributed by atoms with Gasteiger partial charge in [-0.25, -0.2) is 9.78 Å². The summed E-state index contributed by atoms with van der Waals surface area (Å²) < 4.78 is 5.30. The molecule has 0 unspecified atom stereocenters. The van der Waals surface area contributed by atoms with Crippen molar-refractivity contribution in [2.45, 2.75) is 64.0 Å². The molecule has 1 aromatic carbocycles. The smallest absolute Gasteiger partial charge is 0.325 e. The van der Waals surface area contributed by atoms with E-state index in [0.29, 0.717) is 23.2 Å². The maximum atomic E-state index is 13.8. The Morgan fingerprint density at radius 1 is 1.22 bits per heavy atom. The third-order valence-corrected chi connectivity index (χ3v) is 7.73. The summed E-state index contributed by atoms with van der Waals surface area (Å²) >= 11 is 0. The predicted molar refractivity (Wildman–Crippen MR) is 142 cm³/mol. The van der Waals surface area contributed by atoms with Crippen molar-refractivity contribution >= 4 is 29.4 Å². The minimum Gasteiger partial charge on any atom is -0.497 e. The molecule has 37 heavy (non-hydrogen) atoms. The Kier molecular flexibility index (Phi) is 8.31. The number of imide groups is 1. The van der Waals surface area contributed by atoms with Crippen LogP contribution in [0.15, 0.2) is 42.6 Å². The zero-order valence-electron chi connectivity index (χ0n) is 21.9. The van der Waals surface area contributed by atoms with Crippen molar-refractivity contribution < 1.29 is 19.1 Å². The number of carbonyl (C=O) groups excluding carboxylic acids is 3. The number of methoxy groups -OCH3 is 1. The van der Waals surface area contributed by atoms with Gasteiger partial charge in [-0.2, -0.15) is 0 Å². The first-order valence-corrected chi connectivity index (χ1v) is 13.1. The van der Waals surface area contributed by atoms with Crippen molar-refractivity contribution in [2.24, 2.45) is 11.8 Å². The molecule has 1 saturated heterocycles. The van der Waals surface area contributed by atoms with Crippen molar-refractivity contribution in [3.63, 3.8) is 0 Å². The van der Waals surface area contributed by atoms with Gasteiger partial charge >= 0.3 is 6.03 Å². The van der Waals surface area contributed by atoms with Gasteiger partial charge in [-0.15, -0.1) is 0 Å². The van der Waals surface area contributed by atoms with Crippen LogP contribution < -0.4 is 20.7 Å². The van der Waals surface area contributed by atoms with Crippen LogP contribution in [0.2, 0.25) is 0 Å². The highest BCUT2D eigenvalue weighted by Crippen LogP contribution is 2.34. The number of nitrogens with two attached hydrogens (primary N) is 1. The summed E-state index contributed by atoms with van der Waals surface area (Å²) in [5.74, 6) is -0.0253. The summed E-state index contributed by atoms with van der Waals surface area (Å²) in [6.07, 6.45) is 8.32. The molecule has 2 heterocycles. The number of urea groups is 1. The van der Waals surface area contributed by atoms with E-state index in [4.69, 9.17) is 10.5 Å². The van der Waals surface area contributed by atoms with Crippen LogP contribution in [0.3, 0.4) is 0 Å². The second kappa shape index (κ2) is 11.6. The third-order valence-electron chi connectivity index (χ3n) is 7.73. The van der Waals surface area contributed by atoms with Crippen LogP contribution in [0.1, 0.15) is 51.0 Å². The second-order valence-corrected chi connectivity index (χ2v) is 10.0. The number of nitrogens with zero attached hydrogens (tertiary/aromatic N) is 3. The second-order valence-electron chi connectivity index (χ2n) is 10.0. The summed E-state index contributed by atoms with van der Waals surface area (Å²) in [6, 6.07) is 9.15. The highest BCUT2D eigenvalue weighted by Gasteiger charge is 2.55. The minimum absolute atomic E-state index is 0.0217. The average Bonchev–Trinajstić information content (AvgIpc) is 2.92. The molecule has 9 heteroatoms. The number of carbonyl (C=O) groups is 3. The number of nitrogens with one attached hydrogen (secondary N) is 1. The Morgan fingerprint density at radius 2 is 1.97 bits per heavy atom. The number of β-lactam (4-membered cyclic amide) rings is 1. The van der Waals surface area contributed by atoms with Gasteiger partial charge in [-0.05, 0) is 61.4 Å². The molecule has 0 radical (unpaired) electrons. The number of anilines is 2. The summed E-state index contributed by atoms with van der Waals surface area (Å²) in [6.45, 7) is 2.05. The van der Waals surface area contributed by atoms with E-state index in [2.05, 4.69) is 10.3 Å². The fourth-order valence-corrected chi connectivity index (χ4v) is 5.59. The van der Waals surface area contributed by atoms with Gasteiger partial charge in [0.2, 0.25) is 5.91 Å². The lowest BCUT2D eigenvalue weighted by Gasteiger charge is -2.46. The fourth-order valence-electron chi connectivity index (χ4n) is 5.59. The number of rotatable bonds is 8. The van der Waals surface area contributed by atoms with Gasteiger partial charge < -0.3 is 20.7 Å². The largest absolute Gasteiger partial charge is 0.497 e. The Labute approximate surface area is 218 Å². The highest BCUT2D eigenvalue weighted by molar-refractivity contribution is 6.12. The number of benzene rings is 1. The molecule has 1 saturated carbocycles. The summed E-state index contributed by atoms with van der Waals surface area (Å²) in [4.78, 5) is 47.2. The summed E-state index contributed by atoms with van der Waals surface area (Å²) in [7, 11) is 3.21. The number of nitrogen functional groups attached to an aromatic ring is 1. The summed E-state index contributed by atoms with van der Waals surface area (Å²) in [5, 5.41) is 3.09. The number of aromatic nitrogens is 1. The molecule has 1 aliphatic heterocycles. The van der Waals surface area contributed by atoms with Gasteiger partial charge in [0.25, 0.3) is 5.91 Å². The van der Waals surface area contributed by atoms with Gasteiger partial charge in [-0.3, -0.25) is 14.5 Å². The van der Waals surface area contributed by atoms with Gasteiger partial charge in [0.15, 0.2) is 0 Å². The number of ether oxygens (including phenoxy) is 1. The van der Waals surface area contributed by atoms with E-state index < -0.39 is 18.0 Å². The number of likely N-dealkylation sites (N-methyl/N-ethyl adjacent to an activating group) is 1. The van der Waals surface area contributed by atoms with Crippen molar-refractivity contribution in [3.05, 3.63) is 48.2 Å². The van der Waals surface area contributed by atoms with Gasteiger partial charge in [0.1, 0.15) is 17.6 Å². The topological polar surface area (TPSA) is 118 Å². The molecule has 0 spiro atoms. The van der Waals surface area contributed by atoms with Crippen molar-refractivity contribution in [2.75, 3.05) is 24.8 Å². The van der Waals surface area contributed by atoms with E-state index in [1.54, 1.807) is 56.8 Å². The maximum Gasteiger partial charge on any atom is 0.325 e. The van der Waals surface area contributed by atoms with E-state index in [1.165, 1.54) is 11.3 Å². The Balaban J connectivity index is 1.58. The minimum atomic E-state index is -0.929. The van der Waals surface area contributed by atoms with Crippen molar-refractivity contribution in [1.29, 1.82) is 0 Å². The van der Waals surface area contributed by atoms with E-state index in [9.17, 15) is 14.4 Å². The molecule has 2 aliphatic rings. The van der Waals surface area contributed by atoms with Crippen LogP contribution in [-0.4, -0.2) is 54.0 Å². The number of amides is 4. The fraction of sp³-hybridized carbons (Fsp3) is 0.500. The van der Waals surface area contributed by atoms with E-state index in [-0.39, 0.29) is 24.3 Å². The molecule has 1 aromatic heterocycles. The van der Waals surface area contributed by atoms with Crippen LogP contribution in [-0.2, 0) is 16.0 Å². The molecule has 3 N–H and O–H groups in total.